The van der Waals surface area contributed by atoms with Crippen molar-refractivity contribution >= 4 is 33.8 Å². The normalized spacial score (nSPS) is 12.2. The smallest absolute Gasteiger partial charge is 0.153 e. The van der Waals surface area contributed by atoms with Crippen molar-refractivity contribution in [1.29, 1.82) is 0 Å². The summed E-state index contributed by atoms with van der Waals surface area (Å²) in [5.74, 6) is 0.546. The number of halogens is 2. The first kappa shape index (κ1) is 12.5. The fraction of sp³-hybridized carbons (Fsp3) is 0.300. The van der Waals surface area contributed by atoms with Gasteiger partial charge < -0.3 is 9.84 Å². The molecule has 0 spiro atoms. The average Bonchev–Trinajstić information content (AvgIpc) is 2.26. The number of hydrogen-bond acceptors (Lipinski definition) is 3. The molecule has 1 rings (SSSR count). The highest BCUT2D eigenvalue weighted by atomic mass is 79.9. The first-order valence-corrected chi connectivity index (χ1v) is 5.61. The molecule has 5 heteroatoms. The number of hydrogen-bond donors (Lipinski definition) is 1. The number of carbonyl (C=O) groups excluding carboxylic acids is 1. The summed E-state index contributed by atoms with van der Waals surface area (Å²) >= 11 is 8.66. The van der Waals surface area contributed by atoms with Crippen LogP contribution in [0, 0.1) is 0 Å². The zero-order chi connectivity index (χ0) is 11.3. The van der Waals surface area contributed by atoms with Crippen molar-refractivity contribution in [3.8, 4) is 5.75 Å². The molecule has 82 valence electrons. The molecule has 15 heavy (non-hydrogen) atoms. The first-order chi connectivity index (χ1) is 7.17. The van der Waals surface area contributed by atoms with Gasteiger partial charge in [0, 0.05) is 4.47 Å². The standard InChI is InChI=1S/C10H10BrClO3/c11-8-1-2-10(7(3-8)5-13)15-6-9(14)4-12/h1-3,5,9,14H,4,6H2. The molecule has 1 N–H and O–H groups in total. The van der Waals surface area contributed by atoms with E-state index in [1.807, 2.05) is 0 Å². The molecule has 0 radical (unpaired) electrons. The van der Waals surface area contributed by atoms with Gasteiger partial charge in [0.05, 0.1) is 11.4 Å². The van der Waals surface area contributed by atoms with E-state index in [2.05, 4.69) is 15.9 Å². The van der Waals surface area contributed by atoms with E-state index in [4.69, 9.17) is 16.3 Å². The van der Waals surface area contributed by atoms with E-state index < -0.39 is 6.10 Å². The Kier molecular flexibility index (Phi) is 5.08. The molecule has 1 aromatic rings. The minimum absolute atomic E-state index is 0.0754. The van der Waals surface area contributed by atoms with Gasteiger partial charge in [-0.1, -0.05) is 15.9 Å². The molecule has 0 heterocycles. The highest BCUT2D eigenvalue weighted by molar-refractivity contribution is 9.10. The van der Waals surface area contributed by atoms with Gasteiger partial charge >= 0.3 is 0 Å². The fourth-order valence-electron chi connectivity index (χ4n) is 0.973. The van der Waals surface area contributed by atoms with Gasteiger partial charge in [-0.25, -0.2) is 0 Å². The van der Waals surface area contributed by atoms with Gasteiger partial charge in [-0.2, -0.15) is 0 Å². The van der Waals surface area contributed by atoms with Crippen molar-refractivity contribution in [3.05, 3.63) is 28.2 Å². The Balaban J connectivity index is 2.72. The summed E-state index contributed by atoms with van der Waals surface area (Å²) in [7, 11) is 0. The second kappa shape index (κ2) is 6.10. The van der Waals surface area contributed by atoms with Crippen molar-refractivity contribution in [2.45, 2.75) is 6.10 Å². The van der Waals surface area contributed by atoms with E-state index in [9.17, 15) is 9.90 Å². The summed E-state index contributed by atoms with van der Waals surface area (Å²) in [6.07, 6.45) is -0.0255. The number of benzene rings is 1. The van der Waals surface area contributed by atoms with Gasteiger partial charge in [0.15, 0.2) is 6.29 Å². The van der Waals surface area contributed by atoms with Crippen LogP contribution in [-0.4, -0.2) is 30.0 Å². The number of carbonyl (C=O) groups is 1. The molecule has 1 aromatic carbocycles. The second-order valence-corrected chi connectivity index (χ2v) is 4.14. The fourth-order valence-corrected chi connectivity index (χ4v) is 1.44. The maximum Gasteiger partial charge on any atom is 0.153 e. The van der Waals surface area contributed by atoms with Crippen LogP contribution in [0.1, 0.15) is 10.4 Å². The van der Waals surface area contributed by atoms with Crippen LogP contribution in [0.4, 0.5) is 0 Å². The third kappa shape index (κ3) is 3.81. The molecule has 3 nitrogen and oxygen atoms in total. The first-order valence-electron chi connectivity index (χ1n) is 4.29. The van der Waals surface area contributed by atoms with E-state index >= 15 is 0 Å². The van der Waals surface area contributed by atoms with Crippen molar-refractivity contribution in [1.82, 2.24) is 0 Å². The summed E-state index contributed by atoms with van der Waals surface area (Å²) in [6.45, 7) is 0.0754. The van der Waals surface area contributed by atoms with E-state index in [-0.39, 0.29) is 12.5 Å². The van der Waals surface area contributed by atoms with Crippen molar-refractivity contribution in [3.63, 3.8) is 0 Å². The second-order valence-electron chi connectivity index (χ2n) is 2.92. The van der Waals surface area contributed by atoms with Gasteiger partial charge in [0.1, 0.15) is 18.5 Å². The van der Waals surface area contributed by atoms with Crippen molar-refractivity contribution in [2.75, 3.05) is 12.5 Å². The lowest BCUT2D eigenvalue weighted by Gasteiger charge is -2.11. The molecule has 0 saturated heterocycles. The predicted molar refractivity (Wildman–Crippen MR) is 61.8 cm³/mol. The Morgan fingerprint density at radius 2 is 2.33 bits per heavy atom. The monoisotopic (exact) mass is 292 g/mol. The Labute approximate surface area is 101 Å². The molecular formula is C10H10BrClO3. The SMILES string of the molecule is O=Cc1cc(Br)ccc1OCC(O)CCl. The zero-order valence-corrected chi connectivity index (χ0v) is 10.2. The lowest BCUT2D eigenvalue weighted by molar-refractivity contribution is 0.110. The predicted octanol–water partition coefficient (Wildman–Crippen LogP) is 2.24. The van der Waals surface area contributed by atoms with Gasteiger partial charge in [-0.15, -0.1) is 11.6 Å². The Morgan fingerprint density at radius 1 is 1.60 bits per heavy atom. The van der Waals surface area contributed by atoms with Crippen LogP contribution in [0.3, 0.4) is 0 Å². The lowest BCUT2D eigenvalue weighted by atomic mass is 10.2. The van der Waals surface area contributed by atoms with Crippen LogP contribution >= 0.6 is 27.5 Å². The minimum atomic E-state index is -0.727. The maximum atomic E-state index is 10.7. The third-order valence-electron chi connectivity index (χ3n) is 1.71. The largest absolute Gasteiger partial charge is 0.490 e. The number of aliphatic hydroxyl groups is 1. The third-order valence-corrected chi connectivity index (χ3v) is 2.56. The van der Waals surface area contributed by atoms with E-state index in [0.29, 0.717) is 17.6 Å². The molecule has 0 aromatic heterocycles. The van der Waals surface area contributed by atoms with Crippen LogP contribution in [0.15, 0.2) is 22.7 Å². The van der Waals surface area contributed by atoms with E-state index in [1.54, 1.807) is 18.2 Å². The van der Waals surface area contributed by atoms with Crippen LogP contribution in [0.2, 0.25) is 0 Å². The van der Waals surface area contributed by atoms with Crippen molar-refractivity contribution < 1.29 is 14.6 Å². The minimum Gasteiger partial charge on any atom is -0.490 e. The maximum absolute atomic E-state index is 10.7. The Hall–Kier alpha value is -0.580. The van der Waals surface area contributed by atoms with Gasteiger partial charge in [-0.3, -0.25) is 4.79 Å². The summed E-state index contributed by atoms with van der Waals surface area (Å²) in [6, 6.07) is 5.07. The number of alkyl halides is 1. The summed E-state index contributed by atoms with van der Waals surface area (Å²) < 4.78 is 6.05. The lowest BCUT2D eigenvalue weighted by Crippen LogP contribution is -2.19. The average molecular weight is 294 g/mol. The summed E-state index contributed by atoms with van der Waals surface area (Å²) in [5, 5.41) is 9.18. The molecule has 0 aliphatic heterocycles. The Bertz CT molecular complexity index is 343. The molecule has 0 amide bonds. The highest BCUT2D eigenvalue weighted by Gasteiger charge is 2.07. The molecule has 0 aliphatic rings. The van der Waals surface area contributed by atoms with Gasteiger partial charge in [-0.05, 0) is 18.2 Å². The van der Waals surface area contributed by atoms with Crippen LogP contribution in [0.25, 0.3) is 0 Å². The van der Waals surface area contributed by atoms with Gasteiger partial charge in [0.2, 0.25) is 0 Å². The summed E-state index contributed by atoms with van der Waals surface area (Å²) in [4.78, 5) is 10.7. The number of aldehydes is 1. The van der Waals surface area contributed by atoms with Crippen LogP contribution in [-0.2, 0) is 0 Å². The van der Waals surface area contributed by atoms with Gasteiger partial charge in [0.25, 0.3) is 0 Å². The number of rotatable bonds is 5. The zero-order valence-electron chi connectivity index (χ0n) is 7.82. The van der Waals surface area contributed by atoms with E-state index in [0.717, 1.165) is 4.47 Å². The number of aliphatic hydroxyl groups excluding tert-OH is 1. The van der Waals surface area contributed by atoms with Crippen LogP contribution < -0.4 is 4.74 Å². The van der Waals surface area contributed by atoms with Crippen LogP contribution in [0.5, 0.6) is 5.75 Å². The highest BCUT2D eigenvalue weighted by Crippen LogP contribution is 2.21. The molecule has 0 bridgehead atoms. The Morgan fingerprint density at radius 3 is 2.93 bits per heavy atom. The quantitative estimate of drug-likeness (QED) is 0.669. The molecular weight excluding hydrogens is 283 g/mol. The summed E-state index contributed by atoms with van der Waals surface area (Å²) in [5.41, 5.74) is 0.436. The molecule has 0 fully saturated rings. The molecule has 1 unspecified atom stereocenters. The molecule has 0 saturated carbocycles. The molecule has 0 aliphatic carbocycles. The number of ether oxygens (including phenoxy) is 1. The van der Waals surface area contributed by atoms with Crippen molar-refractivity contribution in [2.24, 2.45) is 0 Å². The molecule has 1 atom stereocenters. The van der Waals surface area contributed by atoms with E-state index in [1.165, 1.54) is 0 Å². The topological polar surface area (TPSA) is 46.5 Å².